The van der Waals surface area contributed by atoms with Crippen LogP contribution in [0.15, 0.2) is 119 Å². The highest BCUT2D eigenvalue weighted by atomic mass is 32.2. The average molecular weight is 743 g/mol. The molecule has 17 heteroatoms. The quantitative estimate of drug-likeness (QED) is 0.0659. The fraction of sp³-hybridized carbons (Fsp3) is 0. The lowest BCUT2D eigenvalue weighted by atomic mass is 10.1. The molecule has 0 saturated carbocycles. The van der Waals surface area contributed by atoms with Gasteiger partial charge in [0, 0.05) is 56.2 Å². The average Bonchev–Trinajstić information content (AvgIpc) is 3.09. The Balaban J connectivity index is 1.19. The number of carbonyl (C=O) groups is 3. The van der Waals surface area contributed by atoms with Crippen LogP contribution in [0.1, 0.15) is 20.7 Å². The van der Waals surface area contributed by atoms with Crippen LogP contribution in [0.4, 0.5) is 27.5 Å². The van der Waals surface area contributed by atoms with Crippen LogP contribution in [-0.4, -0.2) is 54.0 Å². The first-order valence-electron chi connectivity index (χ1n) is 15.0. The van der Waals surface area contributed by atoms with Gasteiger partial charge < -0.3 is 31.5 Å². The van der Waals surface area contributed by atoms with Gasteiger partial charge in [0.2, 0.25) is 0 Å². The number of phenolic OH excluding ortho intramolecular Hbond substituents is 2. The molecule has 0 spiro atoms. The van der Waals surface area contributed by atoms with E-state index in [1.165, 1.54) is 72.8 Å². The monoisotopic (exact) mass is 742 g/mol. The smallest absolute Gasteiger partial charge is 0.323 e. The molecule has 0 aliphatic heterocycles. The summed E-state index contributed by atoms with van der Waals surface area (Å²) in [6.07, 6.45) is 0. The van der Waals surface area contributed by atoms with Gasteiger partial charge in [-0.05, 0) is 36.4 Å². The van der Waals surface area contributed by atoms with Crippen LogP contribution in [0.3, 0.4) is 0 Å². The molecule has 0 heterocycles. The molecule has 0 aliphatic carbocycles. The van der Waals surface area contributed by atoms with E-state index in [9.17, 15) is 50.5 Å². The van der Waals surface area contributed by atoms with E-state index in [1.54, 1.807) is 24.3 Å². The highest BCUT2D eigenvalue weighted by Gasteiger charge is 2.24. The van der Waals surface area contributed by atoms with Crippen molar-refractivity contribution < 1.29 is 50.5 Å². The van der Waals surface area contributed by atoms with E-state index < -0.39 is 59.4 Å². The standard InChI is InChI=1S/C35H26N4O11S2/c40-27-17-29(51(45,46)47)31(25-13-3-1-11-23(25)27)38-33(42)19-7-5-9-21(15-19)36-35(44)37-22-10-6-8-20(16-22)34(43)39-32-26-14-4-2-12-24(26)28(41)18-30(32)52(48,49)50/h1-18,40-41H,(H,38,42)(H,39,43)(H2,36,37,44)(H,45,46,47)(H,48,49,50). The van der Waals surface area contributed by atoms with Gasteiger partial charge in [-0.15, -0.1) is 0 Å². The number of urea groups is 1. The van der Waals surface area contributed by atoms with E-state index in [0.717, 1.165) is 12.1 Å². The molecule has 0 bridgehead atoms. The predicted molar refractivity (Wildman–Crippen MR) is 192 cm³/mol. The van der Waals surface area contributed by atoms with Gasteiger partial charge in [-0.3, -0.25) is 18.7 Å². The van der Waals surface area contributed by atoms with Gasteiger partial charge in [-0.2, -0.15) is 16.8 Å². The number of hydrogen-bond donors (Lipinski definition) is 8. The summed E-state index contributed by atoms with van der Waals surface area (Å²) >= 11 is 0. The van der Waals surface area contributed by atoms with Gasteiger partial charge in [0.1, 0.15) is 21.3 Å². The van der Waals surface area contributed by atoms with E-state index >= 15 is 0 Å². The Hall–Kier alpha value is -6.53. The molecular formula is C35H26N4O11S2. The van der Waals surface area contributed by atoms with Gasteiger partial charge in [0.25, 0.3) is 32.1 Å². The number of anilines is 4. The minimum Gasteiger partial charge on any atom is -0.507 e. The van der Waals surface area contributed by atoms with Crippen molar-refractivity contribution in [2.24, 2.45) is 0 Å². The number of fused-ring (bicyclic) bond motifs is 2. The van der Waals surface area contributed by atoms with Crippen LogP contribution < -0.4 is 21.3 Å². The zero-order valence-electron chi connectivity index (χ0n) is 26.4. The molecule has 0 aliphatic rings. The number of phenols is 2. The normalized spacial score (nSPS) is 11.6. The van der Waals surface area contributed by atoms with Crippen LogP contribution >= 0.6 is 0 Å². The number of amides is 4. The maximum Gasteiger partial charge on any atom is 0.323 e. The molecule has 0 unspecified atom stereocenters. The van der Waals surface area contributed by atoms with Crippen molar-refractivity contribution in [3.63, 3.8) is 0 Å². The van der Waals surface area contributed by atoms with E-state index in [1.807, 2.05) is 0 Å². The Bertz CT molecular complexity index is 2500. The minimum absolute atomic E-state index is 0.0130. The summed E-state index contributed by atoms with van der Waals surface area (Å²) in [7, 11) is -9.76. The first-order chi connectivity index (χ1) is 24.6. The lowest BCUT2D eigenvalue weighted by molar-refractivity contribution is 0.101. The number of carbonyl (C=O) groups excluding carboxylic acids is 3. The van der Waals surface area contributed by atoms with Crippen molar-refractivity contribution in [1.29, 1.82) is 0 Å². The second-order valence-electron chi connectivity index (χ2n) is 11.2. The van der Waals surface area contributed by atoms with Gasteiger partial charge in [-0.25, -0.2) is 4.79 Å². The van der Waals surface area contributed by atoms with Crippen LogP contribution in [-0.2, 0) is 20.2 Å². The number of rotatable bonds is 8. The van der Waals surface area contributed by atoms with E-state index in [0.29, 0.717) is 0 Å². The minimum atomic E-state index is -4.88. The van der Waals surface area contributed by atoms with Crippen molar-refractivity contribution in [2.45, 2.75) is 9.79 Å². The van der Waals surface area contributed by atoms with Crippen molar-refractivity contribution in [3.05, 3.63) is 120 Å². The summed E-state index contributed by atoms with van der Waals surface area (Å²) in [4.78, 5) is 38.0. The maximum atomic E-state index is 13.3. The zero-order chi connectivity index (χ0) is 37.4. The second kappa shape index (κ2) is 13.6. The predicted octanol–water partition coefficient (Wildman–Crippen LogP) is 6.05. The Morgan fingerprint density at radius 2 is 0.827 bits per heavy atom. The van der Waals surface area contributed by atoms with Crippen molar-refractivity contribution in [1.82, 2.24) is 0 Å². The highest BCUT2D eigenvalue weighted by molar-refractivity contribution is 7.86. The molecule has 264 valence electrons. The van der Waals surface area contributed by atoms with E-state index in [2.05, 4.69) is 21.3 Å². The summed E-state index contributed by atoms with van der Waals surface area (Å²) in [6.45, 7) is 0. The largest absolute Gasteiger partial charge is 0.507 e. The van der Waals surface area contributed by atoms with Gasteiger partial charge in [0.05, 0.1) is 11.4 Å². The lowest BCUT2D eigenvalue weighted by Gasteiger charge is -2.15. The summed E-state index contributed by atoms with van der Waals surface area (Å²) < 4.78 is 68.1. The van der Waals surface area contributed by atoms with Crippen molar-refractivity contribution >= 4 is 82.4 Å². The SMILES string of the molecule is O=C(Nc1cccc(C(=O)Nc2c(S(=O)(=O)O)cc(O)c3ccccc23)c1)Nc1cccc(C(=O)Nc2c(S(=O)(=O)O)cc(O)c3ccccc23)c1. The zero-order valence-corrected chi connectivity index (χ0v) is 28.0. The summed E-state index contributed by atoms with van der Waals surface area (Å²) in [5.41, 5.74) is -0.285. The molecule has 4 amide bonds. The first kappa shape index (κ1) is 35.3. The molecule has 0 radical (unpaired) electrons. The van der Waals surface area contributed by atoms with Crippen LogP contribution in [0.2, 0.25) is 0 Å². The summed E-state index contributed by atoms with van der Waals surface area (Å²) in [5.74, 6) is -2.46. The first-order valence-corrected chi connectivity index (χ1v) is 17.8. The molecular weight excluding hydrogens is 717 g/mol. The third-order valence-electron chi connectivity index (χ3n) is 7.77. The van der Waals surface area contributed by atoms with E-state index in [-0.39, 0.29) is 55.4 Å². The molecule has 8 N–H and O–H groups in total. The molecule has 6 rings (SSSR count). The fourth-order valence-electron chi connectivity index (χ4n) is 5.47. The molecule has 0 fully saturated rings. The highest BCUT2D eigenvalue weighted by Crippen LogP contribution is 2.38. The molecule has 0 aromatic heterocycles. The number of aromatic hydroxyl groups is 2. The Morgan fingerprint density at radius 3 is 1.19 bits per heavy atom. The number of nitrogens with one attached hydrogen (secondary N) is 4. The van der Waals surface area contributed by atoms with Gasteiger partial charge in [0.15, 0.2) is 0 Å². The Kier molecular flexibility index (Phi) is 9.26. The summed E-state index contributed by atoms with van der Waals surface area (Å²) in [5, 5.41) is 31.4. The Labute approximate surface area is 295 Å². The van der Waals surface area contributed by atoms with Crippen LogP contribution in [0, 0.1) is 0 Å². The lowest BCUT2D eigenvalue weighted by Crippen LogP contribution is -2.21. The molecule has 0 saturated heterocycles. The summed E-state index contributed by atoms with van der Waals surface area (Å²) in [6, 6.07) is 24.2. The Morgan fingerprint density at radius 1 is 0.462 bits per heavy atom. The molecule has 15 nitrogen and oxygen atoms in total. The van der Waals surface area contributed by atoms with Crippen LogP contribution in [0.5, 0.6) is 11.5 Å². The van der Waals surface area contributed by atoms with Gasteiger partial charge >= 0.3 is 6.03 Å². The van der Waals surface area contributed by atoms with Gasteiger partial charge in [-0.1, -0.05) is 60.7 Å². The number of benzene rings is 6. The molecule has 0 atom stereocenters. The van der Waals surface area contributed by atoms with E-state index in [4.69, 9.17) is 0 Å². The van der Waals surface area contributed by atoms with Crippen molar-refractivity contribution in [2.75, 3.05) is 21.3 Å². The van der Waals surface area contributed by atoms with Crippen LogP contribution in [0.25, 0.3) is 21.5 Å². The van der Waals surface area contributed by atoms with Crippen molar-refractivity contribution in [3.8, 4) is 11.5 Å². The third-order valence-corrected chi connectivity index (χ3v) is 9.53. The fourth-order valence-corrected chi connectivity index (χ4v) is 6.83. The molecule has 52 heavy (non-hydrogen) atoms. The topological polar surface area (TPSA) is 249 Å². The second-order valence-corrected chi connectivity index (χ2v) is 14.0. The number of hydrogen-bond acceptors (Lipinski definition) is 9. The molecule has 6 aromatic rings. The molecule has 6 aromatic carbocycles. The third kappa shape index (κ3) is 7.32. The maximum absolute atomic E-state index is 13.3.